The Balaban J connectivity index is 2.28. The number of hydrogen-bond acceptors (Lipinski definition) is 3. The van der Waals surface area contributed by atoms with Crippen LogP contribution in [-0.4, -0.2) is 24.8 Å². The number of carbonyl (C=O) groups excluding carboxylic acids is 1. The van der Waals surface area contributed by atoms with E-state index in [1.165, 1.54) is 0 Å². The van der Waals surface area contributed by atoms with Crippen LogP contribution in [0, 0.1) is 0 Å². The van der Waals surface area contributed by atoms with Gasteiger partial charge in [0.2, 0.25) is 0 Å². The van der Waals surface area contributed by atoms with Crippen LogP contribution in [0.2, 0.25) is 0 Å². The Labute approximate surface area is 66.1 Å². The number of nitrogens with one attached hydrogen (secondary N) is 1. The number of carbonyl (C=O) groups is 1. The van der Waals surface area contributed by atoms with Gasteiger partial charge in [0.15, 0.2) is 0 Å². The Morgan fingerprint density at radius 1 is 1.82 bits per heavy atom. The molecule has 0 aliphatic carbocycles. The van der Waals surface area contributed by atoms with E-state index < -0.39 is 6.09 Å². The molecule has 1 atom stereocenters. The summed E-state index contributed by atoms with van der Waals surface area (Å²) >= 11 is 0. The van der Waals surface area contributed by atoms with Gasteiger partial charge in [0.1, 0.15) is 6.61 Å². The fourth-order valence-electron chi connectivity index (χ4n) is 1.31. The van der Waals surface area contributed by atoms with Crippen LogP contribution in [0.3, 0.4) is 0 Å². The van der Waals surface area contributed by atoms with E-state index in [9.17, 15) is 4.79 Å². The molecular weight excluding hydrogens is 144 g/mol. The van der Waals surface area contributed by atoms with Gasteiger partial charge in [-0.1, -0.05) is 0 Å². The minimum absolute atomic E-state index is 0.0466. The van der Waals surface area contributed by atoms with Crippen molar-refractivity contribution in [2.45, 2.75) is 25.3 Å². The normalized spacial score (nSPS) is 30.3. The molecule has 1 saturated heterocycles. The minimum atomic E-state index is -0.695. The summed E-state index contributed by atoms with van der Waals surface area (Å²) < 4.78 is 4.71. The largest absolute Gasteiger partial charge is 0.448 e. The van der Waals surface area contributed by atoms with Gasteiger partial charge in [-0.2, -0.15) is 0 Å². The van der Waals surface area contributed by atoms with Crippen LogP contribution < -0.4 is 11.1 Å². The molecule has 0 aromatic heterocycles. The molecule has 11 heavy (non-hydrogen) atoms. The van der Waals surface area contributed by atoms with E-state index in [-0.39, 0.29) is 5.54 Å². The zero-order valence-corrected chi connectivity index (χ0v) is 6.72. The number of rotatable bonds is 2. The summed E-state index contributed by atoms with van der Waals surface area (Å²) in [4.78, 5) is 10.3. The monoisotopic (exact) mass is 158 g/mol. The first kappa shape index (κ1) is 8.33. The topological polar surface area (TPSA) is 64.3 Å². The van der Waals surface area contributed by atoms with Crippen molar-refractivity contribution in [1.29, 1.82) is 0 Å². The molecule has 1 rings (SSSR count). The Hall–Kier alpha value is -0.770. The summed E-state index contributed by atoms with van der Waals surface area (Å²) in [5, 5.41) is 3.26. The van der Waals surface area contributed by atoms with E-state index in [0.717, 1.165) is 19.4 Å². The average Bonchev–Trinajstić information content (AvgIpc) is 2.33. The van der Waals surface area contributed by atoms with Crippen LogP contribution in [0.4, 0.5) is 4.79 Å². The molecule has 4 heteroatoms. The standard InChI is InChI=1S/C7H14N2O2/c1-7(3-2-4-9-7)5-11-6(8)10/h9H,2-5H2,1H3,(H2,8,10). The van der Waals surface area contributed by atoms with Crippen molar-refractivity contribution in [2.24, 2.45) is 5.73 Å². The smallest absolute Gasteiger partial charge is 0.404 e. The molecule has 64 valence electrons. The molecule has 1 heterocycles. The molecule has 0 radical (unpaired) electrons. The minimum Gasteiger partial charge on any atom is -0.448 e. The summed E-state index contributed by atoms with van der Waals surface area (Å²) in [6.45, 7) is 3.41. The second kappa shape index (κ2) is 3.09. The molecule has 1 amide bonds. The van der Waals surface area contributed by atoms with Crippen molar-refractivity contribution in [2.75, 3.05) is 13.2 Å². The van der Waals surface area contributed by atoms with Gasteiger partial charge in [0, 0.05) is 5.54 Å². The molecule has 1 fully saturated rings. The van der Waals surface area contributed by atoms with Crippen LogP contribution in [0.1, 0.15) is 19.8 Å². The molecule has 0 aromatic carbocycles. The third kappa shape index (κ3) is 2.38. The van der Waals surface area contributed by atoms with E-state index in [2.05, 4.69) is 5.32 Å². The first-order valence-corrected chi connectivity index (χ1v) is 3.80. The maximum atomic E-state index is 10.3. The third-order valence-electron chi connectivity index (χ3n) is 1.99. The first-order chi connectivity index (χ1) is 5.12. The highest BCUT2D eigenvalue weighted by Gasteiger charge is 2.28. The quantitative estimate of drug-likeness (QED) is 0.604. The Morgan fingerprint density at radius 2 is 2.55 bits per heavy atom. The molecule has 0 aromatic rings. The predicted octanol–water partition coefficient (Wildman–Crippen LogP) is 0.224. The molecular formula is C7H14N2O2. The second-order valence-corrected chi connectivity index (χ2v) is 3.20. The molecule has 0 spiro atoms. The van der Waals surface area contributed by atoms with E-state index in [0.29, 0.717) is 6.61 Å². The SMILES string of the molecule is CC1(COC(N)=O)CCCN1. The zero-order valence-electron chi connectivity index (χ0n) is 6.72. The Kier molecular flexibility index (Phi) is 2.34. The molecule has 1 aliphatic heterocycles. The summed E-state index contributed by atoms with van der Waals surface area (Å²) in [6, 6.07) is 0. The highest BCUT2D eigenvalue weighted by atomic mass is 16.5. The highest BCUT2D eigenvalue weighted by Crippen LogP contribution is 2.18. The predicted molar refractivity (Wildman–Crippen MR) is 41.2 cm³/mol. The summed E-state index contributed by atoms with van der Waals surface area (Å²) in [6.07, 6.45) is 1.48. The first-order valence-electron chi connectivity index (χ1n) is 3.80. The molecule has 1 aliphatic rings. The molecule has 1 unspecified atom stereocenters. The number of hydrogen-bond donors (Lipinski definition) is 2. The average molecular weight is 158 g/mol. The van der Waals surface area contributed by atoms with Crippen molar-refractivity contribution in [1.82, 2.24) is 5.32 Å². The van der Waals surface area contributed by atoms with Crippen LogP contribution in [0.25, 0.3) is 0 Å². The van der Waals surface area contributed by atoms with Gasteiger partial charge in [-0.25, -0.2) is 4.79 Å². The molecule has 0 saturated carbocycles. The lowest BCUT2D eigenvalue weighted by Gasteiger charge is -2.22. The van der Waals surface area contributed by atoms with Gasteiger partial charge in [-0.05, 0) is 26.3 Å². The Morgan fingerprint density at radius 3 is 3.00 bits per heavy atom. The van der Waals surface area contributed by atoms with Gasteiger partial charge < -0.3 is 15.8 Å². The van der Waals surface area contributed by atoms with Gasteiger partial charge in [-0.15, -0.1) is 0 Å². The maximum Gasteiger partial charge on any atom is 0.404 e. The van der Waals surface area contributed by atoms with Crippen molar-refractivity contribution < 1.29 is 9.53 Å². The molecule has 3 N–H and O–H groups in total. The molecule has 0 bridgehead atoms. The second-order valence-electron chi connectivity index (χ2n) is 3.20. The maximum absolute atomic E-state index is 10.3. The van der Waals surface area contributed by atoms with Crippen LogP contribution in [-0.2, 0) is 4.74 Å². The third-order valence-corrected chi connectivity index (χ3v) is 1.99. The van der Waals surface area contributed by atoms with Crippen molar-refractivity contribution in [3.05, 3.63) is 0 Å². The number of amides is 1. The van der Waals surface area contributed by atoms with Gasteiger partial charge in [-0.3, -0.25) is 0 Å². The van der Waals surface area contributed by atoms with Gasteiger partial charge in [0.25, 0.3) is 0 Å². The van der Waals surface area contributed by atoms with E-state index >= 15 is 0 Å². The van der Waals surface area contributed by atoms with E-state index in [1.54, 1.807) is 0 Å². The number of ether oxygens (including phenoxy) is 1. The van der Waals surface area contributed by atoms with Crippen molar-refractivity contribution in [3.8, 4) is 0 Å². The lowest BCUT2D eigenvalue weighted by atomic mass is 10.0. The summed E-state index contributed by atoms with van der Waals surface area (Å²) in [5.74, 6) is 0. The van der Waals surface area contributed by atoms with Gasteiger partial charge >= 0.3 is 6.09 Å². The zero-order chi connectivity index (χ0) is 8.32. The fraction of sp³-hybridized carbons (Fsp3) is 0.857. The van der Waals surface area contributed by atoms with Crippen molar-refractivity contribution >= 4 is 6.09 Å². The lowest BCUT2D eigenvalue weighted by molar-refractivity contribution is 0.123. The fourth-order valence-corrected chi connectivity index (χ4v) is 1.31. The summed E-state index contributed by atoms with van der Waals surface area (Å²) in [7, 11) is 0. The summed E-state index contributed by atoms with van der Waals surface area (Å²) in [5.41, 5.74) is 4.79. The van der Waals surface area contributed by atoms with Crippen molar-refractivity contribution in [3.63, 3.8) is 0 Å². The highest BCUT2D eigenvalue weighted by molar-refractivity contribution is 5.64. The molecule has 4 nitrogen and oxygen atoms in total. The van der Waals surface area contributed by atoms with Crippen LogP contribution in [0.15, 0.2) is 0 Å². The van der Waals surface area contributed by atoms with E-state index in [4.69, 9.17) is 10.5 Å². The number of primary amides is 1. The Bertz CT molecular complexity index is 153. The van der Waals surface area contributed by atoms with Crippen LogP contribution >= 0.6 is 0 Å². The lowest BCUT2D eigenvalue weighted by Crippen LogP contribution is -2.42. The number of nitrogens with two attached hydrogens (primary N) is 1. The van der Waals surface area contributed by atoms with E-state index in [1.807, 2.05) is 6.92 Å². The van der Waals surface area contributed by atoms with Crippen LogP contribution in [0.5, 0.6) is 0 Å². The van der Waals surface area contributed by atoms with Gasteiger partial charge in [0.05, 0.1) is 0 Å².